The Labute approximate surface area is 188 Å². The number of aliphatic carboxylic acids is 1. The van der Waals surface area contributed by atoms with E-state index in [-0.39, 0.29) is 37.6 Å². The molecule has 0 radical (unpaired) electrons. The van der Waals surface area contributed by atoms with Gasteiger partial charge in [0.15, 0.2) is 0 Å². The number of nitrogens with one attached hydrogen (secondary N) is 2. The molecule has 4 atom stereocenters. The number of carbonyl (C=O) groups is 2. The number of carboxylic acids is 1. The van der Waals surface area contributed by atoms with Gasteiger partial charge in [-0.2, -0.15) is 0 Å². The molecule has 32 heavy (non-hydrogen) atoms. The summed E-state index contributed by atoms with van der Waals surface area (Å²) in [6, 6.07) is 16.4. The average molecular weight is 456 g/mol. The molecule has 0 bridgehead atoms. The summed E-state index contributed by atoms with van der Waals surface area (Å²) >= 11 is -2.64. The topological polar surface area (TPSA) is 128 Å². The largest absolute Gasteiger partial charge is 0.755 e. The van der Waals surface area contributed by atoms with E-state index < -0.39 is 35.0 Å². The number of ether oxygens (including phenoxy) is 1. The summed E-state index contributed by atoms with van der Waals surface area (Å²) in [4.78, 5) is 25.6. The maximum atomic E-state index is 13.1. The van der Waals surface area contributed by atoms with Crippen LogP contribution in [0.1, 0.15) is 23.5 Å². The quantitative estimate of drug-likeness (QED) is 0.571. The summed E-state index contributed by atoms with van der Waals surface area (Å²) < 4.78 is 31.3. The molecule has 9 heteroatoms. The maximum Gasteiger partial charge on any atom is 0.311 e. The number of para-hydroxylation sites is 1. The molecule has 1 saturated heterocycles. The van der Waals surface area contributed by atoms with Gasteiger partial charge in [0.25, 0.3) is 0 Å². The number of hydrogen-bond donors (Lipinski definition) is 3. The molecular formula is C23H23N2O6S-. The maximum absolute atomic E-state index is 13.1. The van der Waals surface area contributed by atoms with Gasteiger partial charge >= 0.3 is 5.97 Å². The van der Waals surface area contributed by atoms with Crippen molar-refractivity contribution >= 4 is 23.1 Å². The van der Waals surface area contributed by atoms with Crippen molar-refractivity contribution in [3.05, 3.63) is 77.0 Å². The molecule has 0 saturated carbocycles. The molecule has 2 aliphatic heterocycles. The van der Waals surface area contributed by atoms with Gasteiger partial charge in [-0.25, -0.2) is 0 Å². The number of hydrogen-bond acceptors (Lipinski definition) is 5. The lowest BCUT2D eigenvalue weighted by Crippen LogP contribution is -2.40. The zero-order valence-electron chi connectivity index (χ0n) is 17.2. The zero-order chi connectivity index (χ0) is 22.7. The van der Waals surface area contributed by atoms with E-state index >= 15 is 0 Å². The second-order valence-corrected chi connectivity index (χ2v) is 8.51. The molecule has 1 amide bonds. The van der Waals surface area contributed by atoms with Crippen molar-refractivity contribution in [3.8, 4) is 5.75 Å². The van der Waals surface area contributed by atoms with Crippen LogP contribution in [0, 0.1) is 11.8 Å². The molecule has 2 aliphatic rings. The summed E-state index contributed by atoms with van der Waals surface area (Å²) in [5.41, 5.74) is 2.29. The van der Waals surface area contributed by atoms with Crippen LogP contribution in [0.15, 0.2) is 65.9 Å². The second kappa shape index (κ2) is 9.54. The van der Waals surface area contributed by atoms with E-state index in [1.807, 2.05) is 48.5 Å². The predicted molar refractivity (Wildman–Crippen MR) is 116 cm³/mol. The molecule has 2 heterocycles. The molecule has 0 aliphatic carbocycles. The van der Waals surface area contributed by atoms with Crippen LogP contribution in [0.2, 0.25) is 0 Å². The second-order valence-electron chi connectivity index (χ2n) is 7.84. The van der Waals surface area contributed by atoms with Crippen LogP contribution in [0.25, 0.3) is 0 Å². The van der Waals surface area contributed by atoms with Gasteiger partial charge in [-0.15, -0.1) is 0 Å². The van der Waals surface area contributed by atoms with Gasteiger partial charge in [-0.1, -0.05) is 48.5 Å². The predicted octanol–water partition coefficient (Wildman–Crippen LogP) is 1.88. The molecule has 2 aromatic carbocycles. The fourth-order valence-corrected chi connectivity index (χ4v) is 5.02. The van der Waals surface area contributed by atoms with E-state index in [4.69, 9.17) is 4.74 Å². The number of carboxylic acid groups (broad SMARTS) is 1. The number of carbonyl (C=O) groups excluding carboxylic acids is 1. The Morgan fingerprint density at radius 2 is 1.91 bits per heavy atom. The Bertz CT molecular complexity index is 1070. The van der Waals surface area contributed by atoms with Crippen molar-refractivity contribution in [2.75, 3.05) is 13.2 Å². The van der Waals surface area contributed by atoms with Gasteiger partial charge in [-0.3, -0.25) is 13.8 Å². The minimum Gasteiger partial charge on any atom is -0.755 e. The fourth-order valence-electron chi connectivity index (χ4n) is 4.62. The Morgan fingerprint density at radius 3 is 2.62 bits per heavy atom. The van der Waals surface area contributed by atoms with E-state index in [1.54, 1.807) is 6.07 Å². The van der Waals surface area contributed by atoms with Crippen LogP contribution >= 0.6 is 0 Å². The first-order valence-electron chi connectivity index (χ1n) is 10.3. The third-order valence-electron chi connectivity index (χ3n) is 5.99. The minimum atomic E-state index is -2.64. The third-order valence-corrected chi connectivity index (χ3v) is 6.40. The third kappa shape index (κ3) is 4.53. The van der Waals surface area contributed by atoms with Crippen molar-refractivity contribution in [3.63, 3.8) is 0 Å². The van der Waals surface area contributed by atoms with Crippen LogP contribution in [0.3, 0.4) is 0 Å². The molecule has 8 nitrogen and oxygen atoms in total. The molecular weight excluding hydrogens is 432 g/mol. The van der Waals surface area contributed by atoms with E-state index in [0.29, 0.717) is 11.3 Å². The fraction of sp³-hybridized carbons (Fsp3) is 0.304. The standard InChI is InChI=1S/C23H24N2O6S/c26-22-20(17-13-31-19-9-5-4-8-15(17)19)21(23(27)28)16(10-11-24-22)18(25-32(29)30)12-14-6-2-1-3-7-14/h1-9,17,20-21,25H,10-13H2,(H,24,26)(H,27,28)(H,29,30)/p-1/t17?,20-,21?/m0/s1. The number of benzene rings is 2. The van der Waals surface area contributed by atoms with Crippen molar-refractivity contribution in [1.82, 2.24) is 10.0 Å². The zero-order valence-corrected chi connectivity index (χ0v) is 18.0. The molecule has 3 N–H and O–H groups in total. The highest BCUT2D eigenvalue weighted by molar-refractivity contribution is 7.77. The van der Waals surface area contributed by atoms with Crippen LogP contribution in [0.5, 0.6) is 5.75 Å². The summed E-state index contributed by atoms with van der Waals surface area (Å²) in [6.07, 6.45) is 0.424. The molecule has 0 spiro atoms. The van der Waals surface area contributed by atoms with E-state index in [2.05, 4.69) is 10.0 Å². The summed E-state index contributed by atoms with van der Waals surface area (Å²) in [5, 5.41) is 13.1. The highest BCUT2D eigenvalue weighted by Crippen LogP contribution is 2.44. The first-order valence-corrected chi connectivity index (χ1v) is 11.4. The number of amides is 1. The van der Waals surface area contributed by atoms with E-state index in [9.17, 15) is 23.5 Å². The van der Waals surface area contributed by atoms with Gasteiger partial charge in [0.2, 0.25) is 5.91 Å². The number of allylic oxidation sites excluding steroid dienone is 1. The summed E-state index contributed by atoms with van der Waals surface area (Å²) in [5.74, 6) is -3.52. The van der Waals surface area contributed by atoms with Gasteiger partial charge in [0.05, 0.1) is 18.4 Å². The summed E-state index contributed by atoms with van der Waals surface area (Å²) in [6.45, 7) is 0.401. The number of rotatable bonds is 6. The number of fused-ring (bicyclic) bond motifs is 1. The molecule has 0 aromatic heterocycles. The highest BCUT2D eigenvalue weighted by Gasteiger charge is 2.47. The molecule has 3 unspecified atom stereocenters. The van der Waals surface area contributed by atoms with Gasteiger partial charge in [0, 0.05) is 41.4 Å². The van der Waals surface area contributed by atoms with Crippen LogP contribution < -0.4 is 14.8 Å². The Hall–Kier alpha value is -3.17. The van der Waals surface area contributed by atoms with Gasteiger partial charge in [0.1, 0.15) is 5.75 Å². The van der Waals surface area contributed by atoms with Crippen LogP contribution in [-0.2, 0) is 27.3 Å². The van der Waals surface area contributed by atoms with Crippen LogP contribution in [-0.4, -0.2) is 38.9 Å². The Kier molecular flexibility index (Phi) is 6.57. The molecule has 1 fully saturated rings. The molecule has 4 rings (SSSR count). The lowest BCUT2D eigenvalue weighted by Gasteiger charge is -2.28. The first-order chi connectivity index (χ1) is 15.5. The van der Waals surface area contributed by atoms with Gasteiger partial charge in [-0.05, 0) is 23.6 Å². The average Bonchev–Trinajstić information content (AvgIpc) is 3.10. The molecule has 2 aromatic rings. The highest BCUT2D eigenvalue weighted by atomic mass is 32.2. The van der Waals surface area contributed by atoms with Crippen molar-refractivity contribution in [2.24, 2.45) is 11.8 Å². The summed E-state index contributed by atoms with van der Waals surface area (Å²) in [7, 11) is 0. The SMILES string of the molecule is O=C(O)C1C(=C(Cc2ccccc2)NS(=O)[O-])CCNC(=O)[C@H]1C1COc2ccccc21. The minimum absolute atomic E-state index is 0.184. The lowest BCUT2D eigenvalue weighted by molar-refractivity contribution is -0.145. The lowest BCUT2D eigenvalue weighted by atomic mass is 9.74. The van der Waals surface area contributed by atoms with Crippen molar-refractivity contribution in [1.29, 1.82) is 0 Å². The normalized spacial score (nSPS) is 25.0. The monoisotopic (exact) mass is 455 g/mol. The van der Waals surface area contributed by atoms with E-state index in [1.165, 1.54) is 0 Å². The van der Waals surface area contributed by atoms with Crippen molar-refractivity contribution in [2.45, 2.75) is 18.8 Å². The van der Waals surface area contributed by atoms with E-state index in [0.717, 1.165) is 11.1 Å². The Morgan fingerprint density at radius 1 is 1.19 bits per heavy atom. The Balaban J connectivity index is 1.81. The first kappa shape index (κ1) is 22.0. The molecule has 168 valence electrons. The van der Waals surface area contributed by atoms with Crippen LogP contribution in [0.4, 0.5) is 0 Å². The van der Waals surface area contributed by atoms with Gasteiger partial charge < -0.3 is 24.4 Å². The smallest absolute Gasteiger partial charge is 0.311 e. The van der Waals surface area contributed by atoms with Crippen molar-refractivity contribution < 1.29 is 28.2 Å².